The zero-order chi connectivity index (χ0) is 12.3. The summed E-state index contributed by atoms with van der Waals surface area (Å²) in [6.45, 7) is 0. The Bertz CT molecular complexity index is 413. The Kier molecular flexibility index (Phi) is 3.50. The molecule has 0 amide bonds. The van der Waals surface area contributed by atoms with E-state index in [1.54, 1.807) is 6.07 Å². The maximum Gasteiger partial charge on any atom is 0.416 e. The summed E-state index contributed by atoms with van der Waals surface area (Å²) in [7, 11) is 0. The molecule has 0 heterocycles. The number of alkyl halides is 3. The third kappa shape index (κ3) is 3.32. The number of hydrogen-bond donors (Lipinski definition) is 0. The van der Waals surface area contributed by atoms with Crippen LogP contribution in [0.1, 0.15) is 37.7 Å². The highest BCUT2D eigenvalue weighted by Gasteiger charge is 2.30. The van der Waals surface area contributed by atoms with Gasteiger partial charge in [-0.15, -0.1) is 0 Å². The normalized spacial score (nSPS) is 17.0. The van der Waals surface area contributed by atoms with Crippen LogP contribution in [0.4, 0.5) is 18.9 Å². The fourth-order valence-corrected chi connectivity index (χ4v) is 2.01. The van der Waals surface area contributed by atoms with E-state index in [0.29, 0.717) is 5.69 Å². The van der Waals surface area contributed by atoms with Crippen LogP contribution in [0.2, 0.25) is 0 Å². The fraction of sp³-hybridized carbons (Fsp3) is 0.462. The Morgan fingerprint density at radius 3 is 2.35 bits per heavy atom. The predicted molar refractivity (Wildman–Crippen MR) is 61.6 cm³/mol. The number of aliphatic imine (C=N–C) groups is 1. The standard InChI is InChI=1S/C13H14F3N/c14-13(15,16)10-5-4-8-12(9-10)17-11-6-2-1-3-7-11/h4-5,8-9H,1-3,6-7H2. The molecule has 0 unspecified atom stereocenters. The lowest BCUT2D eigenvalue weighted by atomic mass is 9.98. The summed E-state index contributed by atoms with van der Waals surface area (Å²) in [5.74, 6) is 0. The quantitative estimate of drug-likeness (QED) is 0.673. The van der Waals surface area contributed by atoms with Crippen molar-refractivity contribution in [1.29, 1.82) is 0 Å². The first-order chi connectivity index (χ1) is 8.05. The van der Waals surface area contributed by atoms with Crippen molar-refractivity contribution in [3.05, 3.63) is 29.8 Å². The fourth-order valence-electron chi connectivity index (χ4n) is 2.01. The van der Waals surface area contributed by atoms with Crippen LogP contribution in [0.5, 0.6) is 0 Å². The minimum absolute atomic E-state index is 0.414. The Morgan fingerprint density at radius 1 is 1.00 bits per heavy atom. The largest absolute Gasteiger partial charge is 0.416 e. The number of halogens is 3. The Labute approximate surface area is 98.4 Å². The highest BCUT2D eigenvalue weighted by Crippen LogP contribution is 2.31. The van der Waals surface area contributed by atoms with Crippen molar-refractivity contribution in [2.24, 2.45) is 4.99 Å². The maximum absolute atomic E-state index is 12.5. The number of hydrogen-bond acceptors (Lipinski definition) is 1. The second kappa shape index (κ2) is 4.90. The molecular formula is C13H14F3N. The minimum atomic E-state index is -4.29. The molecule has 0 atom stereocenters. The smallest absolute Gasteiger partial charge is 0.258 e. The van der Waals surface area contributed by atoms with E-state index >= 15 is 0 Å². The second-order valence-corrected chi connectivity index (χ2v) is 4.29. The summed E-state index contributed by atoms with van der Waals surface area (Å²) in [6.07, 6.45) is 0.923. The average Bonchev–Trinajstić information content (AvgIpc) is 2.29. The number of rotatable bonds is 1. The first kappa shape index (κ1) is 12.1. The van der Waals surface area contributed by atoms with E-state index < -0.39 is 11.7 Å². The monoisotopic (exact) mass is 241 g/mol. The van der Waals surface area contributed by atoms with Crippen LogP contribution >= 0.6 is 0 Å². The predicted octanol–water partition coefficient (Wildman–Crippen LogP) is 4.74. The van der Waals surface area contributed by atoms with Gasteiger partial charge in [-0.1, -0.05) is 12.5 Å². The van der Waals surface area contributed by atoms with Gasteiger partial charge in [0, 0.05) is 5.71 Å². The third-order valence-corrected chi connectivity index (χ3v) is 2.89. The summed E-state index contributed by atoms with van der Waals surface area (Å²) in [5.41, 5.74) is 0.808. The van der Waals surface area contributed by atoms with Gasteiger partial charge in [-0.2, -0.15) is 13.2 Å². The summed E-state index contributed by atoms with van der Waals surface area (Å²) in [5, 5.41) is 0. The lowest BCUT2D eigenvalue weighted by molar-refractivity contribution is -0.137. The minimum Gasteiger partial charge on any atom is -0.258 e. The van der Waals surface area contributed by atoms with Gasteiger partial charge in [0.25, 0.3) is 0 Å². The Balaban J connectivity index is 2.21. The molecule has 0 saturated heterocycles. The Hall–Kier alpha value is -1.32. The van der Waals surface area contributed by atoms with Gasteiger partial charge in [0.15, 0.2) is 0 Å². The molecule has 0 bridgehead atoms. The lowest BCUT2D eigenvalue weighted by Gasteiger charge is -2.12. The zero-order valence-electron chi connectivity index (χ0n) is 9.43. The van der Waals surface area contributed by atoms with Crippen LogP contribution in [0.25, 0.3) is 0 Å². The van der Waals surface area contributed by atoms with Crippen LogP contribution in [-0.4, -0.2) is 5.71 Å². The molecule has 1 nitrogen and oxygen atoms in total. The van der Waals surface area contributed by atoms with Crippen molar-refractivity contribution in [3.8, 4) is 0 Å². The Morgan fingerprint density at radius 2 is 1.71 bits per heavy atom. The second-order valence-electron chi connectivity index (χ2n) is 4.29. The summed E-state index contributed by atoms with van der Waals surface area (Å²) in [4.78, 5) is 4.31. The number of nitrogens with zero attached hydrogens (tertiary/aromatic N) is 1. The molecular weight excluding hydrogens is 227 g/mol. The van der Waals surface area contributed by atoms with Crippen LogP contribution in [-0.2, 0) is 6.18 Å². The maximum atomic E-state index is 12.5. The van der Waals surface area contributed by atoms with E-state index in [-0.39, 0.29) is 0 Å². The molecule has 0 radical (unpaired) electrons. The molecule has 1 aliphatic carbocycles. The van der Waals surface area contributed by atoms with E-state index in [4.69, 9.17) is 0 Å². The van der Waals surface area contributed by atoms with Crippen molar-refractivity contribution in [1.82, 2.24) is 0 Å². The van der Waals surface area contributed by atoms with Crippen LogP contribution in [0.3, 0.4) is 0 Å². The first-order valence-corrected chi connectivity index (χ1v) is 5.79. The van der Waals surface area contributed by atoms with Crippen LogP contribution in [0.15, 0.2) is 29.3 Å². The molecule has 1 aromatic rings. The van der Waals surface area contributed by atoms with E-state index in [9.17, 15) is 13.2 Å². The van der Waals surface area contributed by atoms with Gasteiger partial charge in [0.2, 0.25) is 0 Å². The summed E-state index contributed by atoms with van der Waals surface area (Å²) >= 11 is 0. The van der Waals surface area contributed by atoms with Gasteiger partial charge in [-0.25, -0.2) is 0 Å². The van der Waals surface area contributed by atoms with Gasteiger partial charge >= 0.3 is 6.18 Å². The topological polar surface area (TPSA) is 12.4 Å². The summed E-state index contributed by atoms with van der Waals surface area (Å²) in [6, 6.07) is 5.22. The molecule has 92 valence electrons. The molecule has 0 N–H and O–H groups in total. The van der Waals surface area contributed by atoms with Crippen molar-refractivity contribution in [2.45, 2.75) is 38.3 Å². The highest BCUT2D eigenvalue weighted by atomic mass is 19.4. The SMILES string of the molecule is FC(F)(F)c1cccc(N=C2CCCCC2)c1. The van der Waals surface area contributed by atoms with Gasteiger partial charge in [0.05, 0.1) is 11.3 Å². The van der Waals surface area contributed by atoms with Crippen molar-refractivity contribution >= 4 is 11.4 Å². The van der Waals surface area contributed by atoms with Crippen LogP contribution in [0, 0.1) is 0 Å². The van der Waals surface area contributed by atoms with Gasteiger partial charge in [-0.05, 0) is 43.9 Å². The van der Waals surface area contributed by atoms with Crippen molar-refractivity contribution in [3.63, 3.8) is 0 Å². The molecule has 0 spiro atoms. The van der Waals surface area contributed by atoms with Crippen LogP contribution < -0.4 is 0 Å². The molecule has 1 aliphatic rings. The molecule has 2 rings (SSSR count). The molecule has 1 saturated carbocycles. The molecule has 4 heteroatoms. The van der Waals surface area contributed by atoms with Crippen molar-refractivity contribution in [2.75, 3.05) is 0 Å². The molecule has 1 aromatic carbocycles. The molecule has 1 fully saturated rings. The van der Waals surface area contributed by atoms with Gasteiger partial charge < -0.3 is 0 Å². The number of benzene rings is 1. The zero-order valence-corrected chi connectivity index (χ0v) is 9.43. The first-order valence-electron chi connectivity index (χ1n) is 5.79. The summed E-state index contributed by atoms with van der Waals surface area (Å²) < 4.78 is 37.5. The lowest BCUT2D eigenvalue weighted by Crippen LogP contribution is -2.05. The molecule has 0 aromatic heterocycles. The molecule has 0 aliphatic heterocycles. The van der Waals surface area contributed by atoms with E-state index in [2.05, 4.69) is 4.99 Å². The van der Waals surface area contributed by atoms with Crippen molar-refractivity contribution < 1.29 is 13.2 Å². The molecule has 17 heavy (non-hydrogen) atoms. The average molecular weight is 241 g/mol. The highest BCUT2D eigenvalue weighted by molar-refractivity contribution is 5.87. The van der Waals surface area contributed by atoms with E-state index in [0.717, 1.165) is 43.5 Å². The van der Waals surface area contributed by atoms with E-state index in [1.807, 2.05) is 0 Å². The third-order valence-electron chi connectivity index (χ3n) is 2.89. The van der Waals surface area contributed by atoms with Gasteiger partial charge in [0.1, 0.15) is 0 Å². The van der Waals surface area contributed by atoms with E-state index in [1.165, 1.54) is 12.5 Å². The van der Waals surface area contributed by atoms with Gasteiger partial charge in [-0.3, -0.25) is 4.99 Å².